The number of nitrogens with two attached hydrogens (primary N) is 2. The van der Waals surface area contributed by atoms with Crippen molar-refractivity contribution >= 4 is 11.6 Å². The summed E-state index contributed by atoms with van der Waals surface area (Å²) in [5, 5.41) is 0. The minimum atomic E-state index is -0.530. The van der Waals surface area contributed by atoms with Crippen molar-refractivity contribution in [2.45, 2.75) is 12.6 Å². The lowest BCUT2D eigenvalue weighted by Crippen LogP contribution is -2.52. The van der Waals surface area contributed by atoms with Crippen LogP contribution in [0, 0.1) is 5.82 Å². The molecule has 1 fully saturated rings. The van der Waals surface area contributed by atoms with Crippen LogP contribution in [0.1, 0.15) is 5.56 Å². The highest BCUT2D eigenvalue weighted by atomic mass is 19.1. The molecule has 0 saturated carbocycles. The number of hydrogen-bond donors (Lipinski definition) is 2. The fourth-order valence-electron chi connectivity index (χ4n) is 2.03. The van der Waals surface area contributed by atoms with Crippen LogP contribution in [0.3, 0.4) is 0 Å². The number of carbonyl (C=O) groups excluding carboxylic acids is 1. The maximum Gasteiger partial charge on any atom is 0.237 e. The van der Waals surface area contributed by atoms with Crippen LogP contribution in [0.2, 0.25) is 0 Å². The molecule has 1 aliphatic heterocycles. The lowest BCUT2D eigenvalue weighted by atomic mass is 10.1. The van der Waals surface area contributed by atoms with Gasteiger partial charge in [0.05, 0.1) is 13.2 Å². The Labute approximate surface area is 104 Å². The molecule has 1 aromatic rings. The van der Waals surface area contributed by atoms with Crippen molar-refractivity contribution in [2.24, 2.45) is 5.73 Å². The van der Waals surface area contributed by atoms with Gasteiger partial charge in [-0.25, -0.2) is 4.39 Å². The number of nitrogen functional groups attached to an aromatic ring is 1. The largest absolute Gasteiger partial charge is 0.398 e. The van der Waals surface area contributed by atoms with Crippen LogP contribution in [-0.4, -0.2) is 36.6 Å². The molecule has 1 atom stereocenters. The fourth-order valence-corrected chi connectivity index (χ4v) is 2.03. The van der Waals surface area contributed by atoms with Gasteiger partial charge >= 0.3 is 0 Å². The van der Waals surface area contributed by atoms with Gasteiger partial charge in [0.1, 0.15) is 11.9 Å². The van der Waals surface area contributed by atoms with Crippen LogP contribution in [0.25, 0.3) is 0 Å². The van der Waals surface area contributed by atoms with Gasteiger partial charge in [0.25, 0.3) is 0 Å². The zero-order valence-corrected chi connectivity index (χ0v) is 9.93. The second-order valence-corrected chi connectivity index (χ2v) is 4.27. The molecule has 2 rings (SSSR count). The third kappa shape index (κ3) is 2.60. The Kier molecular flexibility index (Phi) is 3.78. The van der Waals surface area contributed by atoms with Crippen molar-refractivity contribution in [1.82, 2.24) is 4.90 Å². The van der Waals surface area contributed by atoms with Crippen LogP contribution in [0.4, 0.5) is 10.1 Å². The number of carbonyl (C=O) groups is 1. The van der Waals surface area contributed by atoms with Gasteiger partial charge in [-0.1, -0.05) is 6.07 Å². The Morgan fingerprint density at radius 2 is 2.33 bits per heavy atom. The zero-order chi connectivity index (χ0) is 13.1. The summed E-state index contributed by atoms with van der Waals surface area (Å²) >= 11 is 0. The molecule has 1 aliphatic rings. The molecule has 98 valence electrons. The van der Waals surface area contributed by atoms with Crippen LogP contribution < -0.4 is 11.5 Å². The third-order valence-corrected chi connectivity index (χ3v) is 3.08. The van der Waals surface area contributed by atoms with E-state index in [-0.39, 0.29) is 19.0 Å². The number of amides is 1. The molecule has 1 amide bonds. The number of hydrogen-bond acceptors (Lipinski definition) is 4. The lowest BCUT2D eigenvalue weighted by Gasteiger charge is -2.33. The maximum absolute atomic E-state index is 13.7. The quantitative estimate of drug-likeness (QED) is 0.748. The molecule has 1 unspecified atom stereocenters. The topological polar surface area (TPSA) is 81.6 Å². The van der Waals surface area contributed by atoms with Gasteiger partial charge in [-0.05, 0) is 12.1 Å². The van der Waals surface area contributed by atoms with Crippen LogP contribution >= 0.6 is 0 Å². The molecule has 18 heavy (non-hydrogen) atoms. The first-order chi connectivity index (χ1) is 8.59. The molecule has 0 spiro atoms. The highest BCUT2D eigenvalue weighted by molar-refractivity contribution is 5.80. The average Bonchev–Trinajstić information content (AvgIpc) is 2.34. The van der Waals surface area contributed by atoms with Gasteiger partial charge in [-0.3, -0.25) is 9.69 Å². The van der Waals surface area contributed by atoms with Crippen molar-refractivity contribution < 1.29 is 13.9 Å². The highest BCUT2D eigenvalue weighted by Gasteiger charge is 2.28. The molecular weight excluding hydrogens is 237 g/mol. The van der Waals surface area contributed by atoms with E-state index in [1.165, 1.54) is 6.07 Å². The number of primary amides is 1. The normalized spacial score (nSPS) is 20.8. The second-order valence-electron chi connectivity index (χ2n) is 4.27. The van der Waals surface area contributed by atoms with E-state index in [2.05, 4.69) is 0 Å². The summed E-state index contributed by atoms with van der Waals surface area (Å²) < 4.78 is 18.9. The van der Waals surface area contributed by atoms with Crippen molar-refractivity contribution in [3.05, 3.63) is 29.6 Å². The van der Waals surface area contributed by atoms with Crippen LogP contribution in [-0.2, 0) is 16.1 Å². The Morgan fingerprint density at radius 3 is 3.00 bits per heavy atom. The Balaban J connectivity index is 2.18. The van der Waals surface area contributed by atoms with E-state index in [9.17, 15) is 9.18 Å². The minimum absolute atomic E-state index is 0.240. The van der Waals surface area contributed by atoms with Crippen molar-refractivity contribution in [3.63, 3.8) is 0 Å². The molecule has 0 bridgehead atoms. The number of nitrogens with zero attached hydrogens (tertiary/aromatic N) is 1. The van der Waals surface area contributed by atoms with E-state index in [4.69, 9.17) is 16.2 Å². The summed E-state index contributed by atoms with van der Waals surface area (Å²) in [6, 6.07) is 4.01. The SMILES string of the molecule is NC(=O)C1COCCN1Cc1c(N)cccc1F. The molecule has 1 saturated heterocycles. The number of benzene rings is 1. The number of morpholine rings is 1. The van der Waals surface area contributed by atoms with Crippen molar-refractivity contribution in [3.8, 4) is 0 Å². The third-order valence-electron chi connectivity index (χ3n) is 3.08. The highest BCUT2D eigenvalue weighted by Crippen LogP contribution is 2.20. The lowest BCUT2D eigenvalue weighted by molar-refractivity contribution is -0.129. The first kappa shape index (κ1) is 12.8. The summed E-state index contributed by atoms with van der Waals surface area (Å²) in [5.41, 5.74) is 11.8. The van der Waals surface area contributed by atoms with Crippen molar-refractivity contribution in [2.75, 3.05) is 25.5 Å². The summed E-state index contributed by atoms with van der Waals surface area (Å²) in [6.07, 6.45) is 0. The fraction of sp³-hybridized carbons (Fsp3) is 0.417. The summed E-state index contributed by atoms with van der Waals surface area (Å²) in [7, 11) is 0. The Hall–Kier alpha value is -1.66. The van der Waals surface area contributed by atoms with Crippen molar-refractivity contribution in [1.29, 1.82) is 0 Å². The van der Waals surface area contributed by atoms with E-state index in [1.807, 2.05) is 0 Å². The monoisotopic (exact) mass is 253 g/mol. The summed E-state index contributed by atoms with van der Waals surface area (Å²) in [4.78, 5) is 13.1. The number of halogens is 1. The average molecular weight is 253 g/mol. The molecule has 1 aromatic carbocycles. The van der Waals surface area contributed by atoms with E-state index in [0.717, 1.165) is 0 Å². The van der Waals surface area contributed by atoms with E-state index in [0.29, 0.717) is 24.4 Å². The zero-order valence-electron chi connectivity index (χ0n) is 9.93. The van der Waals surface area contributed by atoms with Gasteiger partial charge in [0.15, 0.2) is 0 Å². The smallest absolute Gasteiger partial charge is 0.237 e. The van der Waals surface area contributed by atoms with Gasteiger partial charge in [0.2, 0.25) is 5.91 Å². The number of anilines is 1. The van der Waals surface area contributed by atoms with E-state index in [1.54, 1.807) is 17.0 Å². The first-order valence-electron chi connectivity index (χ1n) is 5.73. The minimum Gasteiger partial charge on any atom is -0.398 e. The van der Waals surface area contributed by atoms with E-state index >= 15 is 0 Å². The Bertz CT molecular complexity index is 433. The summed E-state index contributed by atoms with van der Waals surface area (Å²) in [5.74, 6) is -0.839. The number of rotatable bonds is 3. The predicted octanol–water partition coefficient (Wildman–Crippen LogP) is 0.0940. The standard InChI is InChI=1S/C12H16FN3O2/c13-9-2-1-3-10(14)8(9)6-16-4-5-18-7-11(16)12(15)17/h1-3,11H,4-7,14H2,(H2,15,17). The molecular formula is C12H16FN3O2. The molecule has 0 aliphatic carbocycles. The van der Waals surface area contributed by atoms with Gasteiger partial charge in [0, 0.05) is 24.3 Å². The molecule has 5 nitrogen and oxygen atoms in total. The number of ether oxygens (including phenoxy) is 1. The molecule has 0 aromatic heterocycles. The summed E-state index contributed by atoms with van der Waals surface area (Å²) in [6.45, 7) is 1.53. The molecule has 0 radical (unpaired) electrons. The molecule has 6 heteroatoms. The van der Waals surface area contributed by atoms with Gasteiger partial charge < -0.3 is 16.2 Å². The molecule has 4 N–H and O–H groups in total. The van der Waals surface area contributed by atoms with Crippen LogP contribution in [0.5, 0.6) is 0 Å². The second kappa shape index (κ2) is 5.32. The predicted molar refractivity (Wildman–Crippen MR) is 65.0 cm³/mol. The molecule has 1 heterocycles. The Morgan fingerprint density at radius 1 is 1.56 bits per heavy atom. The van der Waals surface area contributed by atoms with Crippen LogP contribution in [0.15, 0.2) is 18.2 Å². The van der Waals surface area contributed by atoms with Gasteiger partial charge in [-0.2, -0.15) is 0 Å². The van der Waals surface area contributed by atoms with E-state index < -0.39 is 11.9 Å². The maximum atomic E-state index is 13.7. The first-order valence-corrected chi connectivity index (χ1v) is 5.73. The van der Waals surface area contributed by atoms with Gasteiger partial charge in [-0.15, -0.1) is 0 Å².